The van der Waals surface area contributed by atoms with Crippen LogP contribution in [-0.4, -0.2) is 35.5 Å². The summed E-state index contributed by atoms with van der Waals surface area (Å²) in [6, 6.07) is 1.71. The van der Waals surface area contributed by atoms with Crippen LogP contribution in [0.5, 0.6) is 0 Å². The monoisotopic (exact) mass is 202 g/mol. The van der Waals surface area contributed by atoms with Crippen molar-refractivity contribution in [1.82, 2.24) is 15.3 Å². The minimum Gasteiger partial charge on any atom is -0.353 e. The van der Waals surface area contributed by atoms with E-state index in [4.69, 9.17) is 6.42 Å². The number of rotatable bonds is 1. The van der Waals surface area contributed by atoms with Crippen molar-refractivity contribution in [3.63, 3.8) is 0 Å². The Morgan fingerprint density at radius 3 is 3.13 bits per heavy atom. The maximum Gasteiger partial charge on any atom is 0.239 e. The summed E-state index contributed by atoms with van der Waals surface area (Å²) >= 11 is 0. The van der Waals surface area contributed by atoms with Gasteiger partial charge in [-0.1, -0.05) is 5.92 Å². The highest BCUT2D eigenvalue weighted by molar-refractivity contribution is 5.82. The summed E-state index contributed by atoms with van der Waals surface area (Å²) in [4.78, 5) is 21.0. The van der Waals surface area contributed by atoms with E-state index < -0.39 is 0 Å². The van der Waals surface area contributed by atoms with Gasteiger partial charge in [-0.2, -0.15) is 0 Å². The SMILES string of the molecule is C#Cc1cc(N2CCNC(=O)C2)ncn1. The highest BCUT2D eigenvalue weighted by Crippen LogP contribution is 2.11. The van der Waals surface area contributed by atoms with Crippen molar-refractivity contribution >= 4 is 11.7 Å². The molecule has 0 radical (unpaired) electrons. The summed E-state index contributed by atoms with van der Waals surface area (Å²) in [6.07, 6.45) is 6.65. The molecule has 5 heteroatoms. The van der Waals surface area contributed by atoms with Crippen LogP contribution in [0.4, 0.5) is 5.82 Å². The van der Waals surface area contributed by atoms with Crippen molar-refractivity contribution in [1.29, 1.82) is 0 Å². The van der Waals surface area contributed by atoms with E-state index in [1.54, 1.807) is 6.07 Å². The molecule has 1 N–H and O–H groups in total. The van der Waals surface area contributed by atoms with E-state index in [0.29, 0.717) is 24.6 Å². The van der Waals surface area contributed by atoms with E-state index in [1.165, 1.54) is 6.33 Å². The zero-order chi connectivity index (χ0) is 10.7. The number of carbonyl (C=O) groups is 1. The lowest BCUT2D eigenvalue weighted by Crippen LogP contribution is -2.48. The van der Waals surface area contributed by atoms with Gasteiger partial charge in [0, 0.05) is 19.2 Å². The second-order valence-electron chi connectivity index (χ2n) is 3.18. The van der Waals surface area contributed by atoms with Crippen molar-refractivity contribution < 1.29 is 4.79 Å². The van der Waals surface area contributed by atoms with Gasteiger partial charge < -0.3 is 10.2 Å². The Kier molecular flexibility index (Phi) is 2.50. The molecule has 1 aliphatic heterocycles. The maximum absolute atomic E-state index is 11.2. The van der Waals surface area contributed by atoms with Crippen molar-refractivity contribution in [2.45, 2.75) is 0 Å². The van der Waals surface area contributed by atoms with Crippen LogP contribution in [0.1, 0.15) is 5.69 Å². The number of terminal acetylenes is 1. The lowest BCUT2D eigenvalue weighted by Gasteiger charge is -2.27. The molecular weight excluding hydrogens is 192 g/mol. The van der Waals surface area contributed by atoms with Crippen molar-refractivity contribution in [3.8, 4) is 12.3 Å². The largest absolute Gasteiger partial charge is 0.353 e. The molecule has 1 fully saturated rings. The molecule has 2 rings (SSSR count). The van der Waals surface area contributed by atoms with Gasteiger partial charge in [0.1, 0.15) is 17.8 Å². The fraction of sp³-hybridized carbons (Fsp3) is 0.300. The molecule has 0 aliphatic carbocycles. The topological polar surface area (TPSA) is 58.1 Å². The van der Waals surface area contributed by atoms with Gasteiger partial charge in [-0.05, 0) is 0 Å². The lowest BCUT2D eigenvalue weighted by molar-refractivity contribution is -0.120. The second kappa shape index (κ2) is 3.96. The van der Waals surface area contributed by atoms with Crippen LogP contribution in [0.3, 0.4) is 0 Å². The van der Waals surface area contributed by atoms with Crippen molar-refractivity contribution in [2.75, 3.05) is 24.5 Å². The molecular formula is C10H10N4O. The normalized spacial score (nSPS) is 15.7. The molecule has 2 heterocycles. The van der Waals surface area contributed by atoms with Crippen LogP contribution in [0.15, 0.2) is 12.4 Å². The van der Waals surface area contributed by atoms with Crippen LogP contribution in [0.25, 0.3) is 0 Å². The number of anilines is 1. The number of carbonyl (C=O) groups excluding carboxylic acids is 1. The Hall–Kier alpha value is -2.09. The van der Waals surface area contributed by atoms with E-state index in [-0.39, 0.29) is 5.91 Å². The number of hydrogen-bond donors (Lipinski definition) is 1. The summed E-state index contributed by atoms with van der Waals surface area (Å²) in [5.74, 6) is 3.14. The molecule has 1 saturated heterocycles. The van der Waals surface area contributed by atoms with Crippen LogP contribution in [0.2, 0.25) is 0 Å². The van der Waals surface area contributed by atoms with Gasteiger partial charge in [-0.15, -0.1) is 6.42 Å². The second-order valence-corrected chi connectivity index (χ2v) is 3.18. The Morgan fingerprint density at radius 2 is 2.40 bits per heavy atom. The first-order chi connectivity index (χ1) is 7.29. The third-order valence-electron chi connectivity index (χ3n) is 2.16. The van der Waals surface area contributed by atoms with Gasteiger partial charge in [-0.25, -0.2) is 9.97 Å². The number of aromatic nitrogens is 2. The first-order valence-corrected chi connectivity index (χ1v) is 4.60. The van der Waals surface area contributed by atoms with E-state index in [0.717, 1.165) is 6.54 Å². The highest BCUT2D eigenvalue weighted by atomic mass is 16.2. The van der Waals surface area contributed by atoms with Gasteiger partial charge in [0.05, 0.1) is 6.54 Å². The molecule has 0 bridgehead atoms. The Labute approximate surface area is 87.5 Å². The third-order valence-corrected chi connectivity index (χ3v) is 2.16. The zero-order valence-electron chi connectivity index (χ0n) is 8.10. The van der Waals surface area contributed by atoms with Gasteiger partial charge in [-0.3, -0.25) is 4.79 Å². The minimum atomic E-state index is 0.00196. The smallest absolute Gasteiger partial charge is 0.239 e. The quantitative estimate of drug-likeness (QED) is 0.617. The Balaban J connectivity index is 2.21. The van der Waals surface area contributed by atoms with Crippen LogP contribution in [0, 0.1) is 12.3 Å². The molecule has 1 aromatic heterocycles. The van der Waals surface area contributed by atoms with Crippen molar-refractivity contribution in [2.24, 2.45) is 0 Å². The van der Waals surface area contributed by atoms with Gasteiger partial charge >= 0.3 is 0 Å². The molecule has 1 aliphatic rings. The number of nitrogens with one attached hydrogen (secondary N) is 1. The molecule has 76 valence electrons. The average Bonchev–Trinajstić information content (AvgIpc) is 2.29. The third kappa shape index (κ3) is 2.05. The van der Waals surface area contributed by atoms with E-state index in [1.807, 2.05) is 4.90 Å². The first kappa shape index (κ1) is 9.46. The van der Waals surface area contributed by atoms with E-state index >= 15 is 0 Å². The van der Waals surface area contributed by atoms with E-state index in [2.05, 4.69) is 21.2 Å². The number of hydrogen-bond acceptors (Lipinski definition) is 4. The number of amides is 1. The molecule has 0 atom stereocenters. The van der Waals surface area contributed by atoms with Crippen LogP contribution in [-0.2, 0) is 4.79 Å². The minimum absolute atomic E-state index is 0.00196. The molecule has 0 aromatic carbocycles. The summed E-state index contributed by atoms with van der Waals surface area (Å²) in [5.41, 5.74) is 0.533. The molecule has 1 amide bonds. The number of piperazine rings is 1. The fourth-order valence-electron chi connectivity index (χ4n) is 1.43. The maximum atomic E-state index is 11.2. The van der Waals surface area contributed by atoms with Crippen molar-refractivity contribution in [3.05, 3.63) is 18.1 Å². The lowest BCUT2D eigenvalue weighted by atomic mass is 10.3. The zero-order valence-corrected chi connectivity index (χ0v) is 8.10. The van der Waals surface area contributed by atoms with Crippen LogP contribution >= 0.6 is 0 Å². The standard InChI is InChI=1S/C10H10N4O/c1-2-8-5-9(13-7-12-8)14-4-3-11-10(15)6-14/h1,5,7H,3-4,6H2,(H,11,15). The van der Waals surface area contributed by atoms with Gasteiger partial charge in [0.15, 0.2) is 0 Å². The summed E-state index contributed by atoms with van der Waals surface area (Å²) < 4.78 is 0. The first-order valence-electron chi connectivity index (χ1n) is 4.60. The molecule has 0 spiro atoms. The Bertz CT molecular complexity index is 424. The molecule has 15 heavy (non-hydrogen) atoms. The highest BCUT2D eigenvalue weighted by Gasteiger charge is 2.17. The summed E-state index contributed by atoms with van der Waals surface area (Å²) in [5, 5.41) is 2.75. The predicted molar refractivity (Wildman–Crippen MR) is 55.2 cm³/mol. The predicted octanol–water partition coefficient (Wildman–Crippen LogP) is -0.606. The fourth-order valence-corrected chi connectivity index (χ4v) is 1.43. The molecule has 5 nitrogen and oxygen atoms in total. The van der Waals surface area contributed by atoms with Crippen LogP contribution < -0.4 is 10.2 Å². The average molecular weight is 202 g/mol. The van der Waals surface area contributed by atoms with Gasteiger partial charge in [0.2, 0.25) is 5.91 Å². The molecule has 0 saturated carbocycles. The van der Waals surface area contributed by atoms with E-state index in [9.17, 15) is 4.79 Å². The molecule has 1 aromatic rings. The Morgan fingerprint density at radius 1 is 1.53 bits per heavy atom. The summed E-state index contributed by atoms with van der Waals surface area (Å²) in [6.45, 7) is 1.70. The molecule has 0 unspecified atom stereocenters. The number of nitrogens with zero attached hydrogens (tertiary/aromatic N) is 3. The van der Waals surface area contributed by atoms with Gasteiger partial charge in [0.25, 0.3) is 0 Å². The summed E-state index contributed by atoms with van der Waals surface area (Å²) in [7, 11) is 0.